The molecule has 0 bridgehead atoms. The van der Waals surface area contributed by atoms with E-state index in [1.807, 2.05) is 0 Å². The maximum atomic E-state index is 3.54. The second kappa shape index (κ2) is 8.11. The summed E-state index contributed by atoms with van der Waals surface area (Å²) in [5.41, 5.74) is 0. The van der Waals surface area contributed by atoms with E-state index < -0.39 is 0 Å². The van der Waals surface area contributed by atoms with E-state index in [1.165, 1.54) is 57.8 Å². The number of nitrogens with one attached hydrogen (secondary N) is 1. The number of rotatable bonds is 7. The molecule has 0 heterocycles. The van der Waals surface area contributed by atoms with Gasteiger partial charge in [-0.15, -0.1) is 0 Å². The topological polar surface area (TPSA) is 12.0 Å². The zero-order valence-electron chi connectivity index (χ0n) is 11.6. The molecule has 96 valence electrons. The fourth-order valence-electron chi connectivity index (χ4n) is 3.28. The summed E-state index contributed by atoms with van der Waals surface area (Å²) in [6, 6.07) is 0.810. The highest BCUT2D eigenvalue weighted by Gasteiger charge is 2.25. The zero-order valence-corrected chi connectivity index (χ0v) is 11.6. The Morgan fingerprint density at radius 3 is 2.56 bits per heavy atom. The van der Waals surface area contributed by atoms with Gasteiger partial charge >= 0.3 is 0 Å². The standard InChI is InChI=1S/C15H31N/c1-4-6-9-13(5-2)12-14-10-7-8-11-15(14)16-3/h13-16H,4-12H2,1-3H3. The van der Waals surface area contributed by atoms with Gasteiger partial charge in [0.05, 0.1) is 0 Å². The first-order chi connectivity index (χ1) is 7.81. The van der Waals surface area contributed by atoms with Crippen LogP contribution in [0.2, 0.25) is 0 Å². The maximum absolute atomic E-state index is 3.54. The normalized spacial score (nSPS) is 27.9. The van der Waals surface area contributed by atoms with Gasteiger partial charge in [0.15, 0.2) is 0 Å². The molecule has 0 amide bonds. The van der Waals surface area contributed by atoms with Crippen molar-refractivity contribution in [2.45, 2.75) is 77.7 Å². The molecule has 0 aliphatic heterocycles. The summed E-state index contributed by atoms with van der Waals surface area (Å²) in [7, 11) is 2.15. The summed E-state index contributed by atoms with van der Waals surface area (Å²) >= 11 is 0. The average Bonchev–Trinajstić information content (AvgIpc) is 2.34. The molecular weight excluding hydrogens is 194 g/mol. The van der Waals surface area contributed by atoms with Crippen molar-refractivity contribution in [2.75, 3.05) is 7.05 Å². The van der Waals surface area contributed by atoms with E-state index in [0.717, 1.165) is 17.9 Å². The lowest BCUT2D eigenvalue weighted by Gasteiger charge is -2.33. The van der Waals surface area contributed by atoms with Crippen LogP contribution in [0.1, 0.15) is 71.6 Å². The van der Waals surface area contributed by atoms with Gasteiger partial charge in [-0.05, 0) is 38.1 Å². The fraction of sp³-hybridized carbons (Fsp3) is 1.00. The Labute approximate surface area is 102 Å². The van der Waals surface area contributed by atoms with Gasteiger partial charge in [0.1, 0.15) is 0 Å². The first-order valence-corrected chi connectivity index (χ1v) is 7.49. The molecule has 0 spiro atoms. The molecule has 0 radical (unpaired) electrons. The van der Waals surface area contributed by atoms with Crippen LogP contribution in [0, 0.1) is 11.8 Å². The number of hydrogen-bond donors (Lipinski definition) is 1. The van der Waals surface area contributed by atoms with Crippen LogP contribution in [0.3, 0.4) is 0 Å². The highest BCUT2D eigenvalue weighted by atomic mass is 14.9. The number of unbranched alkanes of at least 4 members (excludes halogenated alkanes) is 1. The second-order valence-electron chi connectivity index (χ2n) is 5.59. The third-order valence-electron chi connectivity index (χ3n) is 4.46. The van der Waals surface area contributed by atoms with Crippen LogP contribution in [0.4, 0.5) is 0 Å². The van der Waals surface area contributed by atoms with E-state index in [9.17, 15) is 0 Å². The Morgan fingerprint density at radius 1 is 1.19 bits per heavy atom. The monoisotopic (exact) mass is 225 g/mol. The zero-order chi connectivity index (χ0) is 11.8. The van der Waals surface area contributed by atoms with Crippen LogP contribution >= 0.6 is 0 Å². The first-order valence-electron chi connectivity index (χ1n) is 7.49. The lowest BCUT2D eigenvalue weighted by molar-refractivity contribution is 0.218. The molecular formula is C15H31N. The molecule has 1 nitrogen and oxygen atoms in total. The summed E-state index contributed by atoms with van der Waals surface area (Å²) in [6.45, 7) is 4.68. The summed E-state index contributed by atoms with van der Waals surface area (Å²) in [5, 5.41) is 3.54. The van der Waals surface area contributed by atoms with Crippen LogP contribution in [-0.4, -0.2) is 13.1 Å². The Hall–Kier alpha value is -0.0400. The molecule has 1 heteroatoms. The Morgan fingerprint density at radius 2 is 1.94 bits per heavy atom. The quantitative estimate of drug-likeness (QED) is 0.678. The molecule has 1 fully saturated rings. The van der Waals surface area contributed by atoms with Crippen molar-refractivity contribution in [1.82, 2.24) is 5.32 Å². The van der Waals surface area contributed by atoms with Crippen LogP contribution in [0.5, 0.6) is 0 Å². The van der Waals surface area contributed by atoms with Crippen molar-refractivity contribution in [3.8, 4) is 0 Å². The minimum Gasteiger partial charge on any atom is -0.317 e. The van der Waals surface area contributed by atoms with Gasteiger partial charge in [0.2, 0.25) is 0 Å². The van der Waals surface area contributed by atoms with Crippen molar-refractivity contribution < 1.29 is 0 Å². The van der Waals surface area contributed by atoms with Gasteiger partial charge in [-0.1, -0.05) is 52.4 Å². The summed E-state index contributed by atoms with van der Waals surface area (Å²) in [5.74, 6) is 1.94. The molecule has 0 saturated heterocycles. The molecule has 1 aliphatic rings. The van der Waals surface area contributed by atoms with Gasteiger partial charge < -0.3 is 5.32 Å². The minimum absolute atomic E-state index is 0.810. The van der Waals surface area contributed by atoms with Gasteiger partial charge in [-0.25, -0.2) is 0 Å². The van der Waals surface area contributed by atoms with E-state index >= 15 is 0 Å². The fourth-order valence-corrected chi connectivity index (χ4v) is 3.28. The maximum Gasteiger partial charge on any atom is 0.00924 e. The molecule has 3 unspecified atom stereocenters. The first kappa shape index (κ1) is 14.0. The van der Waals surface area contributed by atoms with Crippen molar-refractivity contribution >= 4 is 0 Å². The third kappa shape index (κ3) is 4.45. The van der Waals surface area contributed by atoms with E-state index in [-0.39, 0.29) is 0 Å². The van der Waals surface area contributed by atoms with Crippen LogP contribution < -0.4 is 5.32 Å². The van der Waals surface area contributed by atoms with E-state index in [2.05, 4.69) is 26.2 Å². The molecule has 0 aromatic rings. The van der Waals surface area contributed by atoms with Crippen molar-refractivity contribution in [2.24, 2.45) is 11.8 Å². The molecule has 1 saturated carbocycles. The Bertz CT molecular complexity index is 167. The predicted octanol–water partition coefficient (Wildman–Crippen LogP) is 4.37. The molecule has 1 rings (SSSR count). The SMILES string of the molecule is CCCCC(CC)CC1CCCCC1NC. The largest absolute Gasteiger partial charge is 0.317 e. The highest BCUT2D eigenvalue weighted by Crippen LogP contribution is 2.32. The smallest absolute Gasteiger partial charge is 0.00924 e. The second-order valence-corrected chi connectivity index (χ2v) is 5.59. The van der Waals surface area contributed by atoms with Crippen molar-refractivity contribution in [3.05, 3.63) is 0 Å². The number of hydrogen-bond acceptors (Lipinski definition) is 1. The molecule has 3 atom stereocenters. The van der Waals surface area contributed by atoms with E-state index in [4.69, 9.17) is 0 Å². The summed E-state index contributed by atoms with van der Waals surface area (Å²) < 4.78 is 0. The minimum atomic E-state index is 0.810. The van der Waals surface area contributed by atoms with Crippen LogP contribution in [0.25, 0.3) is 0 Å². The Kier molecular flexibility index (Phi) is 7.11. The van der Waals surface area contributed by atoms with Gasteiger partial charge in [0.25, 0.3) is 0 Å². The van der Waals surface area contributed by atoms with Gasteiger partial charge in [0, 0.05) is 6.04 Å². The van der Waals surface area contributed by atoms with E-state index in [0.29, 0.717) is 0 Å². The van der Waals surface area contributed by atoms with Crippen LogP contribution in [-0.2, 0) is 0 Å². The van der Waals surface area contributed by atoms with Crippen molar-refractivity contribution in [3.63, 3.8) is 0 Å². The Balaban J connectivity index is 2.35. The molecule has 16 heavy (non-hydrogen) atoms. The van der Waals surface area contributed by atoms with Crippen molar-refractivity contribution in [1.29, 1.82) is 0 Å². The molecule has 0 aromatic heterocycles. The van der Waals surface area contributed by atoms with Gasteiger partial charge in [-0.3, -0.25) is 0 Å². The molecule has 1 aliphatic carbocycles. The predicted molar refractivity (Wildman–Crippen MR) is 72.7 cm³/mol. The van der Waals surface area contributed by atoms with E-state index in [1.54, 1.807) is 0 Å². The van der Waals surface area contributed by atoms with Crippen LogP contribution in [0.15, 0.2) is 0 Å². The average molecular weight is 225 g/mol. The third-order valence-corrected chi connectivity index (χ3v) is 4.46. The van der Waals surface area contributed by atoms with Gasteiger partial charge in [-0.2, -0.15) is 0 Å². The summed E-state index contributed by atoms with van der Waals surface area (Å²) in [4.78, 5) is 0. The summed E-state index contributed by atoms with van der Waals surface area (Å²) in [6.07, 6.45) is 12.9. The molecule has 1 N–H and O–H groups in total. The highest BCUT2D eigenvalue weighted by molar-refractivity contribution is 4.81. The lowest BCUT2D eigenvalue weighted by Crippen LogP contribution is -2.37. The molecule has 0 aromatic carbocycles. The lowest BCUT2D eigenvalue weighted by atomic mass is 9.77.